The third-order valence-electron chi connectivity index (χ3n) is 2.30. The standard InChI is InChI=1S/C12H10BrFN2S/c1-7-10(15)6-16-12(11(7)13)17-9-4-2-8(14)3-5-9/h2-6H,15H2,1H3. The van der Waals surface area contributed by atoms with Gasteiger partial charge in [-0.2, -0.15) is 0 Å². The normalized spacial score (nSPS) is 10.5. The summed E-state index contributed by atoms with van der Waals surface area (Å²) in [5, 5.41) is 0.823. The van der Waals surface area contributed by atoms with Crippen LogP contribution in [0.15, 0.2) is 44.9 Å². The van der Waals surface area contributed by atoms with Crippen molar-refractivity contribution in [2.24, 2.45) is 0 Å². The van der Waals surface area contributed by atoms with Crippen LogP contribution in [0.2, 0.25) is 0 Å². The highest BCUT2D eigenvalue weighted by Gasteiger charge is 2.09. The number of nitrogens with two attached hydrogens (primary N) is 1. The van der Waals surface area contributed by atoms with Crippen LogP contribution in [0.1, 0.15) is 5.56 Å². The van der Waals surface area contributed by atoms with Crippen molar-refractivity contribution >= 4 is 33.4 Å². The molecule has 0 unspecified atom stereocenters. The Bertz CT molecular complexity index is 543. The highest BCUT2D eigenvalue weighted by Crippen LogP contribution is 2.35. The number of pyridine rings is 1. The minimum Gasteiger partial charge on any atom is -0.397 e. The smallest absolute Gasteiger partial charge is 0.123 e. The van der Waals surface area contributed by atoms with Crippen LogP contribution < -0.4 is 5.73 Å². The van der Waals surface area contributed by atoms with Gasteiger partial charge in [0.15, 0.2) is 0 Å². The maximum Gasteiger partial charge on any atom is 0.123 e. The number of nitrogen functional groups attached to an aromatic ring is 1. The van der Waals surface area contributed by atoms with E-state index < -0.39 is 0 Å². The second-order valence-corrected chi connectivity index (χ2v) is 5.37. The van der Waals surface area contributed by atoms with E-state index in [4.69, 9.17) is 5.73 Å². The minimum atomic E-state index is -0.241. The second-order valence-electron chi connectivity index (χ2n) is 3.51. The quantitative estimate of drug-likeness (QED) is 0.910. The Balaban J connectivity index is 2.30. The maximum atomic E-state index is 12.8. The van der Waals surface area contributed by atoms with Crippen LogP contribution in [0.3, 0.4) is 0 Å². The Morgan fingerprint density at radius 3 is 2.59 bits per heavy atom. The predicted octanol–water partition coefficient (Wildman–Crippen LogP) is 4.03. The van der Waals surface area contributed by atoms with E-state index >= 15 is 0 Å². The topological polar surface area (TPSA) is 38.9 Å². The van der Waals surface area contributed by atoms with Crippen LogP contribution in [-0.4, -0.2) is 4.98 Å². The molecule has 0 spiro atoms. The van der Waals surface area contributed by atoms with Crippen molar-refractivity contribution in [2.75, 3.05) is 5.73 Å². The van der Waals surface area contributed by atoms with E-state index in [2.05, 4.69) is 20.9 Å². The number of aromatic nitrogens is 1. The van der Waals surface area contributed by atoms with Gasteiger partial charge in [-0.25, -0.2) is 9.37 Å². The maximum absolute atomic E-state index is 12.8. The van der Waals surface area contributed by atoms with Crippen LogP contribution in [0.5, 0.6) is 0 Å². The largest absolute Gasteiger partial charge is 0.397 e. The number of nitrogens with zero attached hydrogens (tertiary/aromatic N) is 1. The number of hydrogen-bond acceptors (Lipinski definition) is 3. The fraction of sp³-hybridized carbons (Fsp3) is 0.0833. The molecule has 0 saturated heterocycles. The molecular formula is C12H10BrFN2S. The molecule has 2 N–H and O–H groups in total. The van der Waals surface area contributed by atoms with Crippen molar-refractivity contribution in [1.29, 1.82) is 0 Å². The average Bonchev–Trinajstić information content (AvgIpc) is 2.33. The van der Waals surface area contributed by atoms with Gasteiger partial charge in [-0.15, -0.1) is 0 Å². The van der Waals surface area contributed by atoms with E-state index in [-0.39, 0.29) is 5.82 Å². The van der Waals surface area contributed by atoms with Crippen molar-refractivity contribution in [3.05, 3.63) is 46.3 Å². The molecular weight excluding hydrogens is 303 g/mol. The molecule has 2 aromatic rings. The van der Waals surface area contributed by atoms with Gasteiger partial charge in [0.2, 0.25) is 0 Å². The molecule has 0 radical (unpaired) electrons. The first-order chi connectivity index (χ1) is 8.08. The molecule has 88 valence electrons. The summed E-state index contributed by atoms with van der Waals surface area (Å²) in [6.45, 7) is 1.93. The summed E-state index contributed by atoms with van der Waals surface area (Å²) in [5.41, 5.74) is 7.37. The monoisotopic (exact) mass is 312 g/mol. The molecule has 1 aromatic heterocycles. The molecule has 0 amide bonds. The molecule has 17 heavy (non-hydrogen) atoms. The molecule has 2 nitrogen and oxygen atoms in total. The Kier molecular flexibility index (Phi) is 3.69. The molecule has 0 aliphatic heterocycles. The van der Waals surface area contributed by atoms with Gasteiger partial charge in [-0.3, -0.25) is 0 Å². The zero-order chi connectivity index (χ0) is 12.4. The lowest BCUT2D eigenvalue weighted by Gasteiger charge is -2.07. The SMILES string of the molecule is Cc1c(N)cnc(Sc2ccc(F)cc2)c1Br. The van der Waals surface area contributed by atoms with E-state index in [1.807, 2.05) is 6.92 Å². The summed E-state index contributed by atoms with van der Waals surface area (Å²) in [7, 11) is 0. The molecule has 0 fully saturated rings. The second kappa shape index (κ2) is 5.06. The van der Waals surface area contributed by atoms with Crippen molar-refractivity contribution in [3.63, 3.8) is 0 Å². The Morgan fingerprint density at radius 1 is 1.29 bits per heavy atom. The fourth-order valence-electron chi connectivity index (χ4n) is 1.25. The van der Waals surface area contributed by atoms with Gasteiger partial charge in [0.1, 0.15) is 10.8 Å². The Morgan fingerprint density at radius 2 is 1.94 bits per heavy atom. The minimum absolute atomic E-state index is 0.241. The first-order valence-electron chi connectivity index (χ1n) is 4.92. The van der Waals surface area contributed by atoms with Gasteiger partial charge in [0.05, 0.1) is 16.4 Å². The highest BCUT2D eigenvalue weighted by atomic mass is 79.9. The van der Waals surface area contributed by atoms with Gasteiger partial charge in [0, 0.05) is 4.90 Å². The number of anilines is 1. The molecule has 0 aliphatic rings. The molecule has 0 aliphatic carbocycles. The van der Waals surface area contributed by atoms with Crippen molar-refractivity contribution < 1.29 is 4.39 Å². The summed E-state index contributed by atoms with van der Waals surface area (Å²) in [6, 6.07) is 6.31. The van der Waals surface area contributed by atoms with Gasteiger partial charge in [-0.1, -0.05) is 11.8 Å². The summed E-state index contributed by atoms with van der Waals surface area (Å²) in [5.74, 6) is -0.241. The van der Waals surface area contributed by atoms with Crippen LogP contribution in [0.25, 0.3) is 0 Å². The van der Waals surface area contributed by atoms with Crippen molar-refractivity contribution in [3.8, 4) is 0 Å². The van der Waals surface area contributed by atoms with E-state index in [9.17, 15) is 4.39 Å². The lowest BCUT2D eigenvalue weighted by Crippen LogP contribution is -1.94. The van der Waals surface area contributed by atoms with E-state index in [0.29, 0.717) is 5.69 Å². The summed E-state index contributed by atoms with van der Waals surface area (Å²) >= 11 is 4.93. The fourth-order valence-corrected chi connectivity index (χ4v) is 2.67. The van der Waals surface area contributed by atoms with E-state index in [1.54, 1.807) is 18.3 Å². The summed E-state index contributed by atoms with van der Waals surface area (Å²) in [4.78, 5) is 5.19. The third-order valence-corrected chi connectivity index (χ3v) is 4.54. The van der Waals surface area contributed by atoms with Crippen LogP contribution >= 0.6 is 27.7 Å². The highest BCUT2D eigenvalue weighted by molar-refractivity contribution is 9.10. The molecule has 0 saturated carbocycles. The van der Waals surface area contributed by atoms with E-state index in [1.165, 1.54) is 23.9 Å². The molecule has 2 rings (SSSR count). The number of rotatable bonds is 2. The van der Waals surface area contributed by atoms with Crippen molar-refractivity contribution in [2.45, 2.75) is 16.8 Å². The Labute approximate surface area is 112 Å². The van der Waals surface area contributed by atoms with Gasteiger partial charge < -0.3 is 5.73 Å². The molecule has 5 heteroatoms. The first-order valence-corrected chi connectivity index (χ1v) is 6.53. The van der Waals surface area contributed by atoms with Gasteiger partial charge >= 0.3 is 0 Å². The number of hydrogen-bond donors (Lipinski definition) is 1. The lowest BCUT2D eigenvalue weighted by atomic mass is 10.3. The number of benzene rings is 1. The third kappa shape index (κ3) is 2.79. The molecule has 1 heterocycles. The van der Waals surface area contributed by atoms with Gasteiger partial charge in [-0.05, 0) is 52.7 Å². The van der Waals surface area contributed by atoms with Crippen LogP contribution in [0.4, 0.5) is 10.1 Å². The van der Waals surface area contributed by atoms with Gasteiger partial charge in [0.25, 0.3) is 0 Å². The average molecular weight is 313 g/mol. The van der Waals surface area contributed by atoms with Crippen LogP contribution in [-0.2, 0) is 0 Å². The molecule has 0 bridgehead atoms. The Hall–Kier alpha value is -1.07. The van der Waals surface area contributed by atoms with E-state index in [0.717, 1.165) is 20.0 Å². The molecule has 1 aromatic carbocycles. The predicted molar refractivity (Wildman–Crippen MR) is 71.6 cm³/mol. The first kappa shape index (κ1) is 12.4. The molecule has 0 atom stereocenters. The number of halogens is 2. The summed E-state index contributed by atoms with van der Waals surface area (Å²) in [6.07, 6.45) is 1.63. The summed E-state index contributed by atoms with van der Waals surface area (Å²) < 4.78 is 13.7. The van der Waals surface area contributed by atoms with Crippen molar-refractivity contribution in [1.82, 2.24) is 4.98 Å². The van der Waals surface area contributed by atoms with Crippen LogP contribution in [0, 0.1) is 12.7 Å². The lowest BCUT2D eigenvalue weighted by molar-refractivity contribution is 0.626. The zero-order valence-corrected chi connectivity index (χ0v) is 11.5. The zero-order valence-electron chi connectivity index (χ0n) is 9.08.